The van der Waals surface area contributed by atoms with Crippen LogP contribution >= 0.6 is 0 Å². The fourth-order valence-corrected chi connectivity index (χ4v) is 3.27. The molecule has 0 unspecified atom stereocenters. The predicted octanol–water partition coefficient (Wildman–Crippen LogP) is 1.64. The number of nitrogens with zero attached hydrogens (tertiary/aromatic N) is 4. The van der Waals surface area contributed by atoms with Crippen LogP contribution in [0.2, 0.25) is 0 Å². The number of amides is 1. The van der Waals surface area contributed by atoms with E-state index in [1.807, 2.05) is 23.1 Å². The van der Waals surface area contributed by atoms with E-state index in [4.69, 9.17) is 14.7 Å². The van der Waals surface area contributed by atoms with E-state index in [9.17, 15) is 4.79 Å². The first-order chi connectivity index (χ1) is 12.2. The summed E-state index contributed by atoms with van der Waals surface area (Å²) in [4.78, 5) is 27.4. The monoisotopic (exact) mass is 339 g/mol. The van der Waals surface area contributed by atoms with Crippen LogP contribution in [0.5, 0.6) is 0 Å². The predicted molar refractivity (Wildman–Crippen MR) is 92.9 cm³/mol. The van der Waals surface area contributed by atoms with Crippen molar-refractivity contribution in [2.75, 3.05) is 25.1 Å². The van der Waals surface area contributed by atoms with Gasteiger partial charge in [-0.1, -0.05) is 6.07 Å². The van der Waals surface area contributed by atoms with Crippen molar-refractivity contribution in [3.63, 3.8) is 0 Å². The van der Waals surface area contributed by atoms with E-state index >= 15 is 0 Å². The molecule has 130 valence electrons. The zero-order valence-corrected chi connectivity index (χ0v) is 14.2. The van der Waals surface area contributed by atoms with Crippen molar-refractivity contribution in [1.29, 1.82) is 0 Å². The Morgan fingerprint density at radius 3 is 3.00 bits per heavy atom. The van der Waals surface area contributed by atoms with Crippen LogP contribution in [0.15, 0.2) is 24.4 Å². The topological polar surface area (TPSA) is 80.2 Å². The minimum Gasteiger partial charge on any atom is -0.379 e. The maximum absolute atomic E-state index is 11.8. The number of rotatable bonds is 3. The largest absolute Gasteiger partial charge is 0.379 e. The molecule has 0 aromatic carbocycles. The molecule has 0 saturated carbocycles. The minimum absolute atomic E-state index is 0.0716. The van der Waals surface area contributed by atoms with E-state index in [2.05, 4.69) is 10.3 Å². The molecular weight excluding hydrogens is 318 g/mol. The summed E-state index contributed by atoms with van der Waals surface area (Å²) in [6.45, 7) is 4.28. The van der Waals surface area contributed by atoms with Gasteiger partial charge in [0.1, 0.15) is 11.5 Å². The van der Waals surface area contributed by atoms with Gasteiger partial charge in [0.05, 0.1) is 24.9 Å². The van der Waals surface area contributed by atoms with Crippen LogP contribution in [0.3, 0.4) is 0 Å². The molecule has 25 heavy (non-hydrogen) atoms. The van der Waals surface area contributed by atoms with Crippen molar-refractivity contribution in [1.82, 2.24) is 19.9 Å². The molecule has 2 aromatic rings. The fourth-order valence-electron chi connectivity index (χ4n) is 3.27. The first-order valence-corrected chi connectivity index (χ1v) is 8.61. The molecule has 7 heteroatoms. The lowest BCUT2D eigenvalue weighted by Crippen LogP contribution is -2.36. The highest BCUT2D eigenvalue weighted by Gasteiger charge is 2.26. The van der Waals surface area contributed by atoms with Gasteiger partial charge in [-0.15, -0.1) is 0 Å². The SMILES string of the molecule is CC(=O)N1CCc2c(nc(-c3ccccn3)nc2N[C@@H]2CCOC2)C1. The Hall–Kier alpha value is -2.54. The molecule has 2 aromatic heterocycles. The highest BCUT2D eigenvalue weighted by Crippen LogP contribution is 2.27. The zero-order valence-electron chi connectivity index (χ0n) is 14.2. The van der Waals surface area contributed by atoms with Gasteiger partial charge in [-0.3, -0.25) is 9.78 Å². The van der Waals surface area contributed by atoms with E-state index in [1.54, 1.807) is 13.1 Å². The number of hydrogen-bond donors (Lipinski definition) is 1. The van der Waals surface area contributed by atoms with Crippen molar-refractivity contribution < 1.29 is 9.53 Å². The maximum Gasteiger partial charge on any atom is 0.219 e. The molecule has 2 aliphatic rings. The number of hydrogen-bond acceptors (Lipinski definition) is 6. The summed E-state index contributed by atoms with van der Waals surface area (Å²) in [6, 6.07) is 5.95. The first kappa shape index (κ1) is 16.0. The lowest BCUT2D eigenvalue weighted by Gasteiger charge is -2.29. The Kier molecular flexibility index (Phi) is 4.31. The molecule has 2 aliphatic heterocycles. The maximum atomic E-state index is 11.8. The van der Waals surface area contributed by atoms with E-state index in [-0.39, 0.29) is 11.9 Å². The van der Waals surface area contributed by atoms with Gasteiger partial charge in [0, 0.05) is 31.8 Å². The second-order valence-corrected chi connectivity index (χ2v) is 6.43. The summed E-state index contributed by atoms with van der Waals surface area (Å²) in [5.41, 5.74) is 2.73. The van der Waals surface area contributed by atoms with Crippen molar-refractivity contribution in [3.05, 3.63) is 35.7 Å². The van der Waals surface area contributed by atoms with Gasteiger partial charge in [0.25, 0.3) is 0 Å². The molecule has 1 fully saturated rings. The summed E-state index contributed by atoms with van der Waals surface area (Å²) >= 11 is 0. The quantitative estimate of drug-likeness (QED) is 0.916. The molecule has 1 N–H and O–H groups in total. The van der Waals surface area contributed by atoms with Gasteiger partial charge >= 0.3 is 0 Å². The molecule has 0 aliphatic carbocycles. The molecule has 1 saturated heterocycles. The van der Waals surface area contributed by atoms with Gasteiger partial charge in [0.2, 0.25) is 5.91 Å². The number of anilines is 1. The van der Waals surface area contributed by atoms with Crippen LogP contribution in [-0.2, 0) is 22.5 Å². The van der Waals surface area contributed by atoms with Crippen LogP contribution in [0.4, 0.5) is 5.82 Å². The minimum atomic E-state index is 0.0716. The molecular formula is C18H21N5O2. The second kappa shape index (κ2) is 6.76. The van der Waals surface area contributed by atoms with Gasteiger partial charge in [-0.05, 0) is 25.0 Å². The Balaban J connectivity index is 1.73. The number of pyridine rings is 1. The molecule has 4 heterocycles. The van der Waals surface area contributed by atoms with Crippen molar-refractivity contribution in [2.45, 2.75) is 32.4 Å². The van der Waals surface area contributed by atoms with Gasteiger partial charge in [-0.2, -0.15) is 0 Å². The summed E-state index contributed by atoms with van der Waals surface area (Å²) in [7, 11) is 0. The van der Waals surface area contributed by atoms with Crippen LogP contribution < -0.4 is 5.32 Å². The third kappa shape index (κ3) is 3.32. The number of fused-ring (bicyclic) bond motifs is 1. The Morgan fingerprint density at radius 2 is 2.28 bits per heavy atom. The average Bonchev–Trinajstić information content (AvgIpc) is 3.15. The lowest BCUT2D eigenvalue weighted by atomic mass is 10.0. The Bertz CT molecular complexity index is 775. The Morgan fingerprint density at radius 1 is 1.36 bits per heavy atom. The normalized spacial score (nSPS) is 19.6. The van der Waals surface area contributed by atoms with E-state index in [1.165, 1.54) is 0 Å². The summed E-state index contributed by atoms with van der Waals surface area (Å²) < 4.78 is 5.47. The average molecular weight is 339 g/mol. The molecule has 1 atom stereocenters. The van der Waals surface area contributed by atoms with Gasteiger partial charge in [0.15, 0.2) is 5.82 Å². The Labute approximate surface area is 146 Å². The molecule has 1 amide bonds. The van der Waals surface area contributed by atoms with Crippen molar-refractivity contribution in [3.8, 4) is 11.5 Å². The number of carbonyl (C=O) groups excluding carboxylic acids is 1. The summed E-state index contributed by atoms with van der Waals surface area (Å²) in [5.74, 6) is 1.51. The molecule has 4 rings (SSSR count). The highest BCUT2D eigenvalue weighted by molar-refractivity contribution is 5.74. The van der Waals surface area contributed by atoms with Gasteiger partial charge in [-0.25, -0.2) is 9.97 Å². The smallest absolute Gasteiger partial charge is 0.219 e. The van der Waals surface area contributed by atoms with Crippen LogP contribution in [0, 0.1) is 0 Å². The summed E-state index contributed by atoms with van der Waals surface area (Å²) in [5, 5.41) is 3.52. The summed E-state index contributed by atoms with van der Waals surface area (Å²) in [6.07, 6.45) is 3.46. The van der Waals surface area contributed by atoms with Crippen molar-refractivity contribution in [2.24, 2.45) is 0 Å². The van der Waals surface area contributed by atoms with E-state index in [0.717, 1.165) is 42.2 Å². The van der Waals surface area contributed by atoms with E-state index in [0.29, 0.717) is 25.5 Å². The zero-order chi connectivity index (χ0) is 17.2. The third-order valence-electron chi connectivity index (χ3n) is 4.67. The number of nitrogens with one attached hydrogen (secondary N) is 1. The van der Waals surface area contributed by atoms with Crippen LogP contribution in [0.1, 0.15) is 24.6 Å². The van der Waals surface area contributed by atoms with E-state index < -0.39 is 0 Å². The first-order valence-electron chi connectivity index (χ1n) is 8.61. The lowest BCUT2D eigenvalue weighted by molar-refractivity contribution is -0.129. The molecule has 7 nitrogen and oxygen atoms in total. The standard InChI is InChI=1S/C18H21N5O2/c1-12(24)23-8-5-14-16(10-23)21-18(15-4-2-3-7-19-15)22-17(14)20-13-6-9-25-11-13/h2-4,7,13H,5-6,8-11H2,1H3,(H,20,21,22)/t13-/m1/s1. The van der Waals surface area contributed by atoms with Crippen molar-refractivity contribution >= 4 is 11.7 Å². The van der Waals surface area contributed by atoms with Crippen LogP contribution in [0.25, 0.3) is 11.5 Å². The number of carbonyl (C=O) groups is 1. The highest BCUT2D eigenvalue weighted by atomic mass is 16.5. The van der Waals surface area contributed by atoms with Crippen LogP contribution in [-0.4, -0.2) is 51.6 Å². The fraction of sp³-hybridized carbons (Fsp3) is 0.444. The van der Waals surface area contributed by atoms with Gasteiger partial charge < -0.3 is 15.0 Å². The molecule has 0 radical (unpaired) electrons. The second-order valence-electron chi connectivity index (χ2n) is 6.43. The third-order valence-corrected chi connectivity index (χ3v) is 4.67. The number of ether oxygens (including phenoxy) is 1. The molecule has 0 bridgehead atoms. The number of aromatic nitrogens is 3. The molecule has 0 spiro atoms.